The van der Waals surface area contributed by atoms with Gasteiger partial charge in [0.15, 0.2) is 0 Å². The van der Waals surface area contributed by atoms with Gasteiger partial charge in [-0.05, 0) is 24.5 Å². The van der Waals surface area contributed by atoms with Gasteiger partial charge in [-0.3, -0.25) is 14.8 Å². The van der Waals surface area contributed by atoms with Crippen LogP contribution in [0, 0.1) is 0 Å². The van der Waals surface area contributed by atoms with Gasteiger partial charge in [0.2, 0.25) is 5.91 Å². The average Bonchev–Trinajstić information content (AvgIpc) is 2.59. The minimum Gasteiger partial charge on any atom is -0.305 e. The van der Waals surface area contributed by atoms with E-state index in [2.05, 4.69) is 16.9 Å². The summed E-state index contributed by atoms with van der Waals surface area (Å²) >= 11 is 6.19. The molecule has 0 fully saturated rings. The van der Waals surface area contributed by atoms with E-state index >= 15 is 0 Å². The van der Waals surface area contributed by atoms with Crippen LogP contribution in [-0.4, -0.2) is 21.3 Å². The van der Waals surface area contributed by atoms with Gasteiger partial charge in [0.25, 0.3) is 0 Å². The van der Waals surface area contributed by atoms with Crippen LogP contribution in [0.2, 0.25) is 0 Å². The fourth-order valence-electron chi connectivity index (χ4n) is 2.27. The quantitative estimate of drug-likeness (QED) is 0.765. The van der Waals surface area contributed by atoms with Gasteiger partial charge >= 0.3 is 0 Å². The number of amides is 1. The van der Waals surface area contributed by atoms with Crippen LogP contribution < -0.4 is 4.90 Å². The number of carbonyl (C=O) groups is 1. The fourth-order valence-corrected chi connectivity index (χ4v) is 2.39. The predicted octanol–water partition coefficient (Wildman–Crippen LogP) is 3.59. The number of carbonyl (C=O) groups excluding carboxylic acids is 1. The molecule has 0 bridgehead atoms. The molecule has 2 rings (SSSR count). The van der Waals surface area contributed by atoms with Gasteiger partial charge in [-0.1, -0.05) is 32.0 Å². The smallest absolute Gasteiger partial charge is 0.245 e. The Kier molecular flexibility index (Phi) is 5.90. The molecule has 1 amide bonds. The summed E-state index contributed by atoms with van der Waals surface area (Å²) in [6.45, 7) is 4.34. The summed E-state index contributed by atoms with van der Waals surface area (Å²) < 4.78 is 0. The Morgan fingerprint density at radius 3 is 2.68 bits per heavy atom. The van der Waals surface area contributed by atoms with E-state index < -0.39 is 5.38 Å². The number of aryl methyl sites for hydroxylation is 1. The zero-order chi connectivity index (χ0) is 15.9. The lowest BCUT2D eigenvalue weighted by molar-refractivity contribution is -0.118. The molecule has 2 aromatic rings. The third-order valence-corrected chi connectivity index (χ3v) is 3.99. The number of para-hydroxylation sites is 1. The molecule has 1 unspecified atom stereocenters. The molecule has 4 nitrogen and oxygen atoms in total. The summed E-state index contributed by atoms with van der Waals surface area (Å²) in [7, 11) is 0. The molecular formula is C17H20ClN3O. The van der Waals surface area contributed by atoms with Crippen molar-refractivity contribution < 1.29 is 4.79 Å². The van der Waals surface area contributed by atoms with Gasteiger partial charge in [-0.25, -0.2) is 0 Å². The van der Waals surface area contributed by atoms with Crippen molar-refractivity contribution in [2.24, 2.45) is 0 Å². The van der Waals surface area contributed by atoms with Crippen molar-refractivity contribution >= 4 is 23.2 Å². The van der Waals surface area contributed by atoms with Crippen molar-refractivity contribution in [1.82, 2.24) is 9.97 Å². The molecule has 0 aliphatic carbocycles. The first-order valence-corrected chi connectivity index (χ1v) is 7.89. The number of alkyl halides is 1. The predicted molar refractivity (Wildman–Crippen MR) is 89.0 cm³/mol. The molecule has 0 aliphatic heterocycles. The Hall–Kier alpha value is -1.94. The highest BCUT2D eigenvalue weighted by Crippen LogP contribution is 2.24. The fraction of sp³-hybridized carbons (Fsp3) is 0.353. The summed E-state index contributed by atoms with van der Waals surface area (Å²) in [5, 5.41) is -0.540. The van der Waals surface area contributed by atoms with Crippen molar-refractivity contribution in [2.45, 2.75) is 38.6 Å². The van der Waals surface area contributed by atoms with E-state index in [9.17, 15) is 4.79 Å². The van der Waals surface area contributed by atoms with E-state index in [1.54, 1.807) is 23.5 Å². The number of halogens is 1. The van der Waals surface area contributed by atoms with Gasteiger partial charge < -0.3 is 4.90 Å². The molecule has 1 atom stereocenters. The summed E-state index contributed by atoms with van der Waals surface area (Å²) in [6.07, 6.45) is 6.35. The molecule has 0 N–H and O–H groups in total. The molecule has 22 heavy (non-hydrogen) atoms. The van der Waals surface area contributed by atoms with Crippen LogP contribution >= 0.6 is 11.6 Å². The first-order valence-electron chi connectivity index (χ1n) is 7.45. The van der Waals surface area contributed by atoms with E-state index in [-0.39, 0.29) is 5.91 Å². The SMILES string of the molecule is CCc1ccccc1N(Cc1cnccn1)C(=O)C(Cl)CC. The summed E-state index contributed by atoms with van der Waals surface area (Å²) in [5.41, 5.74) is 2.74. The maximum atomic E-state index is 12.7. The van der Waals surface area contributed by atoms with E-state index in [4.69, 9.17) is 11.6 Å². The molecule has 0 saturated heterocycles. The lowest BCUT2D eigenvalue weighted by Gasteiger charge is -2.26. The Morgan fingerprint density at radius 1 is 1.27 bits per heavy atom. The maximum Gasteiger partial charge on any atom is 0.245 e. The van der Waals surface area contributed by atoms with E-state index in [1.807, 2.05) is 31.2 Å². The molecule has 0 aliphatic rings. The minimum absolute atomic E-state index is 0.101. The van der Waals surface area contributed by atoms with Gasteiger partial charge in [-0.15, -0.1) is 11.6 Å². The van der Waals surface area contributed by atoms with Crippen molar-refractivity contribution in [1.29, 1.82) is 0 Å². The number of nitrogens with zero attached hydrogens (tertiary/aromatic N) is 3. The van der Waals surface area contributed by atoms with Gasteiger partial charge in [0.05, 0.1) is 18.4 Å². The number of aromatic nitrogens is 2. The zero-order valence-electron chi connectivity index (χ0n) is 12.9. The minimum atomic E-state index is -0.540. The zero-order valence-corrected chi connectivity index (χ0v) is 13.6. The van der Waals surface area contributed by atoms with Crippen LogP contribution in [0.5, 0.6) is 0 Å². The van der Waals surface area contributed by atoms with Crippen LogP contribution in [0.15, 0.2) is 42.9 Å². The second-order valence-electron chi connectivity index (χ2n) is 4.98. The molecule has 116 valence electrons. The highest BCUT2D eigenvalue weighted by Gasteiger charge is 2.24. The van der Waals surface area contributed by atoms with Crippen LogP contribution in [0.25, 0.3) is 0 Å². The standard InChI is InChI=1S/C17H20ClN3O/c1-3-13-7-5-6-8-16(13)21(17(22)15(18)4-2)12-14-11-19-9-10-20-14/h5-11,15H,3-4,12H2,1-2H3. The van der Waals surface area contributed by atoms with E-state index in [1.165, 1.54) is 0 Å². The largest absolute Gasteiger partial charge is 0.305 e. The van der Waals surface area contributed by atoms with Crippen LogP contribution in [0.1, 0.15) is 31.5 Å². The second-order valence-corrected chi connectivity index (χ2v) is 5.51. The average molecular weight is 318 g/mol. The number of rotatable bonds is 6. The first kappa shape index (κ1) is 16.4. The highest BCUT2D eigenvalue weighted by atomic mass is 35.5. The van der Waals surface area contributed by atoms with Crippen LogP contribution in [-0.2, 0) is 17.8 Å². The van der Waals surface area contributed by atoms with Crippen LogP contribution in [0.3, 0.4) is 0 Å². The number of anilines is 1. The normalized spacial score (nSPS) is 12.0. The third-order valence-electron chi connectivity index (χ3n) is 3.49. The summed E-state index contributed by atoms with van der Waals surface area (Å²) in [4.78, 5) is 22.7. The van der Waals surface area contributed by atoms with Crippen molar-refractivity contribution in [3.63, 3.8) is 0 Å². The van der Waals surface area contributed by atoms with Crippen molar-refractivity contribution in [3.8, 4) is 0 Å². The molecule has 1 heterocycles. The van der Waals surface area contributed by atoms with Crippen molar-refractivity contribution in [2.75, 3.05) is 4.90 Å². The third kappa shape index (κ3) is 3.83. The van der Waals surface area contributed by atoms with Gasteiger partial charge in [0, 0.05) is 18.1 Å². The number of hydrogen-bond acceptors (Lipinski definition) is 3. The Balaban J connectivity index is 2.39. The number of benzene rings is 1. The Morgan fingerprint density at radius 2 is 2.05 bits per heavy atom. The lowest BCUT2D eigenvalue weighted by atomic mass is 10.1. The van der Waals surface area contributed by atoms with E-state index in [0.717, 1.165) is 23.4 Å². The van der Waals surface area contributed by atoms with Gasteiger partial charge in [0.1, 0.15) is 5.38 Å². The van der Waals surface area contributed by atoms with Crippen LogP contribution in [0.4, 0.5) is 5.69 Å². The molecule has 0 radical (unpaired) electrons. The summed E-state index contributed by atoms with van der Waals surface area (Å²) in [5.74, 6) is -0.101. The molecule has 5 heteroatoms. The van der Waals surface area contributed by atoms with Crippen molar-refractivity contribution in [3.05, 3.63) is 54.1 Å². The second kappa shape index (κ2) is 7.90. The molecule has 1 aromatic carbocycles. The monoisotopic (exact) mass is 317 g/mol. The first-order chi connectivity index (χ1) is 10.7. The molecular weight excluding hydrogens is 298 g/mol. The number of hydrogen-bond donors (Lipinski definition) is 0. The Bertz CT molecular complexity index is 618. The molecule has 0 saturated carbocycles. The summed E-state index contributed by atoms with van der Waals surface area (Å²) in [6, 6.07) is 7.89. The van der Waals surface area contributed by atoms with E-state index in [0.29, 0.717) is 13.0 Å². The topological polar surface area (TPSA) is 46.1 Å². The maximum absolute atomic E-state index is 12.7. The van der Waals surface area contributed by atoms with Gasteiger partial charge in [-0.2, -0.15) is 0 Å². The molecule has 1 aromatic heterocycles. The Labute approximate surface area is 136 Å². The lowest BCUT2D eigenvalue weighted by Crippen LogP contribution is -2.37. The highest BCUT2D eigenvalue weighted by molar-refractivity contribution is 6.32. The molecule has 0 spiro atoms.